The molecule has 0 heterocycles. The van der Waals surface area contributed by atoms with Gasteiger partial charge in [-0.05, 0) is 24.5 Å². The molecule has 171 valence electrons. The van der Waals surface area contributed by atoms with Gasteiger partial charge >= 0.3 is 0 Å². The summed E-state index contributed by atoms with van der Waals surface area (Å²) in [5, 5.41) is 18.5. The van der Waals surface area contributed by atoms with Crippen molar-refractivity contribution in [3.8, 4) is 16.9 Å². The smallest absolute Gasteiger partial charge is 0.0775 e. The van der Waals surface area contributed by atoms with Crippen LogP contribution in [-0.4, -0.2) is 22.9 Å². The van der Waals surface area contributed by atoms with Gasteiger partial charge in [-0.1, -0.05) is 85.1 Å². The summed E-state index contributed by atoms with van der Waals surface area (Å²) in [5.74, 6) is -1.19. The number of phenols is 1. The maximum Gasteiger partial charge on any atom is 0.0775 e. The number of hydrogen-bond donors (Lipinski definition) is 3. The summed E-state index contributed by atoms with van der Waals surface area (Å²) in [5.41, 5.74) is 8.60. The Hall–Kier alpha value is -1.34. The van der Waals surface area contributed by atoms with Crippen LogP contribution in [0.15, 0.2) is 60.7 Å². The zero-order valence-corrected chi connectivity index (χ0v) is 22.0. The SMILES string of the molecule is CCC[C@@H](C)O.NCC(c1ccccc1)c1ccc(Cl)c(-c2[c-]ccc(O)c2F)c1.[NH2-].[Y]. The molecule has 1 radical (unpaired) electrons. The molecule has 0 saturated heterocycles. The zero-order chi connectivity index (χ0) is 22.1. The summed E-state index contributed by atoms with van der Waals surface area (Å²) >= 11 is 6.25. The van der Waals surface area contributed by atoms with Crippen LogP contribution in [0, 0.1) is 11.9 Å². The van der Waals surface area contributed by atoms with E-state index < -0.39 is 11.6 Å². The van der Waals surface area contributed by atoms with E-state index in [0.717, 1.165) is 24.0 Å². The number of aliphatic hydroxyl groups is 1. The monoisotopic (exact) mass is 533 g/mol. The summed E-state index contributed by atoms with van der Waals surface area (Å²) in [6.45, 7) is 4.29. The molecule has 0 aliphatic carbocycles. The summed E-state index contributed by atoms with van der Waals surface area (Å²) in [6.07, 6.45) is 1.91. The fraction of sp³-hybridized carbons (Fsp3) is 0.280. The van der Waals surface area contributed by atoms with Gasteiger partial charge in [0.05, 0.1) is 17.7 Å². The van der Waals surface area contributed by atoms with Gasteiger partial charge < -0.3 is 22.1 Å². The number of rotatable bonds is 6. The minimum Gasteiger partial charge on any atom is -0.693 e. The average Bonchev–Trinajstić information content (AvgIpc) is 2.73. The van der Waals surface area contributed by atoms with Crippen LogP contribution in [0.5, 0.6) is 5.75 Å². The Morgan fingerprint density at radius 1 is 1.09 bits per heavy atom. The van der Waals surface area contributed by atoms with E-state index in [1.54, 1.807) is 12.1 Å². The first kappa shape index (κ1) is 30.7. The van der Waals surface area contributed by atoms with Crippen LogP contribution < -0.4 is 5.73 Å². The molecule has 0 fully saturated rings. The largest absolute Gasteiger partial charge is 0.693 e. The molecule has 2 atom stereocenters. The van der Waals surface area contributed by atoms with Crippen molar-refractivity contribution in [2.24, 2.45) is 5.73 Å². The molecule has 0 aliphatic rings. The predicted molar refractivity (Wildman–Crippen MR) is 127 cm³/mol. The first-order valence-electron chi connectivity index (χ1n) is 10.0. The van der Waals surface area contributed by atoms with E-state index in [4.69, 9.17) is 22.4 Å². The van der Waals surface area contributed by atoms with Crippen molar-refractivity contribution >= 4 is 11.6 Å². The number of aromatic hydroxyl groups is 1. The molecular formula is C25H30ClFN2O2Y-2. The van der Waals surface area contributed by atoms with Gasteiger partial charge in [0.1, 0.15) is 0 Å². The third-order valence-electron chi connectivity index (χ3n) is 4.72. The molecule has 0 spiro atoms. The third-order valence-corrected chi connectivity index (χ3v) is 5.05. The van der Waals surface area contributed by atoms with E-state index in [2.05, 4.69) is 13.0 Å². The Balaban J connectivity index is 0.00000107. The van der Waals surface area contributed by atoms with Crippen LogP contribution in [0.2, 0.25) is 5.02 Å². The number of nitrogens with two attached hydrogens (primary N) is 2. The molecule has 6 N–H and O–H groups in total. The van der Waals surface area contributed by atoms with Gasteiger partial charge in [-0.3, -0.25) is 4.39 Å². The fourth-order valence-corrected chi connectivity index (χ4v) is 3.40. The molecule has 1 unspecified atom stereocenters. The Morgan fingerprint density at radius 2 is 1.75 bits per heavy atom. The van der Waals surface area contributed by atoms with Gasteiger partial charge in [0.25, 0.3) is 0 Å². The van der Waals surface area contributed by atoms with E-state index in [-0.39, 0.29) is 56.4 Å². The van der Waals surface area contributed by atoms with Crippen molar-refractivity contribution in [3.05, 3.63) is 94.8 Å². The van der Waals surface area contributed by atoms with E-state index in [1.807, 2.05) is 43.3 Å². The van der Waals surface area contributed by atoms with Crippen LogP contribution in [0.4, 0.5) is 4.39 Å². The molecule has 32 heavy (non-hydrogen) atoms. The Labute approximate surface area is 220 Å². The summed E-state index contributed by atoms with van der Waals surface area (Å²) in [6, 6.07) is 20.8. The fourth-order valence-electron chi connectivity index (χ4n) is 3.18. The van der Waals surface area contributed by atoms with Crippen molar-refractivity contribution < 1.29 is 47.3 Å². The van der Waals surface area contributed by atoms with Crippen LogP contribution in [0.1, 0.15) is 43.7 Å². The number of halogens is 2. The molecule has 7 heteroatoms. The van der Waals surface area contributed by atoms with E-state index in [1.165, 1.54) is 12.1 Å². The summed E-state index contributed by atoms with van der Waals surface area (Å²) in [7, 11) is 0. The second-order valence-corrected chi connectivity index (χ2v) is 7.54. The molecule has 0 aromatic heterocycles. The van der Waals surface area contributed by atoms with Gasteiger partial charge in [-0.15, -0.1) is 17.7 Å². The van der Waals surface area contributed by atoms with Crippen molar-refractivity contribution in [1.82, 2.24) is 0 Å². The first-order valence-corrected chi connectivity index (χ1v) is 10.4. The summed E-state index contributed by atoms with van der Waals surface area (Å²) in [4.78, 5) is 0. The van der Waals surface area contributed by atoms with E-state index in [9.17, 15) is 9.50 Å². The molecule has 0 amide bonds. The maximum atomic E-state index is 14.2. The molecule has 3 aromatic carbocycles. The molecule has 0 bridgehead atoms. The van der Waals surface area contributed by atoms with Gasteiger partial charge in [-0.25, -0.2) is 0 Å². The van der Waals surface area contributed by atoms with Crippen LogP contribution in [-0.2, 0) is 32.7 Å². The number of hydrogen-bond acceptors (Lipinski definition) is 3. The zero-order valence-electron chi connectivity index (χ0n) is 18.4. The third kappa shape index (κ3) is 8.55. The molecule has 0 aliphatic heterocycles. The Kier molecular flexibility index (Phi) is 14.8. The standard InChI is InChI=1S/C20H16ClFNO.C5H12O.H2N.Y/c21-18-10-9-14(17(12-23)13-5-2-1-3-6-13)11-16(18)15-7-4-8-19(24)20(15)22;1-3-4-5(2)6;;/h1-6,8-11,17,24H,12,23H2;5-6H,3-4H2,1-2H3;1H2;/q-1;;-1;/t;5-;;/m.1../s1. The van der Waals surface area contributed by atoms with E-state index >= 15 is 0 Å². The van der Waals surface area contributed by atoms with Crippen molar-refractivity contribution in [3.63, 3.8) is 0 Å². The number of aliphatic hydroxyl groups excluding tert-OH is 1. The Bertz CT molecular complexity index is 942. The van der Waals surface area contributed by atoms with Gasteiger partial charge in [0.15, 0.2) is 0 Å². The molecule has 3 aromatic rings. The van der Waals surface area contributed by atoms with Crippen LogP contribution in [0.3, 0.4) is 0 Å². The van der Waals surface area contributed by atoms with Crippen LogP contribution in [0.25, 0.3) is 17.3 Å². The first-order chi connectivity index (χ1) is 14.4. The normalized spacial score (nSPS) is 11.8. The van der Waals surface area contributed by atoms with Crippen LogP contribution >= 0.6 is 11.6 Å². The minimum absolute atomic E-state index is 0. The van der Waals surface area contributed by atoms with E-state index in [0.29, 0.717) is 17.1 Å². The predicted octanol–water partition coefficient (Wildman–Crippen LogP) is 6.62. The Morgan fingerprint density at radius 3 is 2.28 bits per heavy atom. The van der Waals surface area contributed by atoms with Crippen molar-refractivity contribution in [2.45, 2.75) is 38.7 Å². The second kappa shape index (κ2) is 15.5. The molecular weight excluding hydrogens is 504 g/mol. The molecule has 3 rings (SSSR count). The molecule has 0 saturated carbocycles. The molecule has 4 nitrogen and oxygen atoms in total. The maximum absolute atomic E-state index is 14.2. The van der Waals surface area contributed by atoms with Gasteiger partial charge in [0, 0.05) is 50.2 Å². The average molecular weight is 534 g/mol. The van der Waals surface area contributed by atoms with Crippen molar-refractivity contribution in [2.75, 3.05) is 6.54 Å². The summed E-state index contributed by atoms with van der Waals surface area (Å²) < 4.78 is 14.2. The minimum atomic E-state index is -0.736. The number of phenolic OH excluding ortho intramolecular Hbond substituents is 1. The van der Waals surface area contributed by atoms with Gasteiger partial charge in [0.2, 0.25) is 0 Å². The topological polar surface area (TPSA) is 100.0 Å². The quantitative estimate of drug-likeness (QED) is 0.310. The second-order valence-electron chi connectivity index (χ2n) is 7.13. The van der Waals surface area contributed by atoms with Gasteiger partial charge in [-0.2, -0.15) is 0 Å². The number of benzene rings is 3. The van der Waals surface area contributed by atoms with Crippen molar-refractivity contribution in [1.29, 1.82) is 0 Å².